The van der Waals surface area contributed by atoms with Gasteiger partial charge in [-0.2, -0.15) is 5.10 Å². The van der Waals surface area contributed by atoms with Crippen LogP contribution in [0, 0.1) is 5.92 Å². The molecule has 1 aromatic rings. The standard InChI is InChI=1S/C17H24N2OS/c1-12-7-5-6-9-14(12)18-19-17(20)16-11-13-8-3-2-4-10-15(13)21-16/h11-12H,2-10H2,1H3,(H,19,20)/t12-/m0/s1. The molecule has 2 aliphatic carbocycles. The third kappa shape index (κ3) is 3.54. The van der Waals surface area contributed by atoms with Gasteiger partial charge in [-0.05, 0) is 62.5 Å². The van der Waals surface area contributed by atoms with Gasteiger partial charge >= 0.3 is 0 Å². The van der Waals surface area contributed by atoms with Crippen LogP contribution in [0.5, 0.6) is 0 Å². The third-order valence-corrected chi connectivity index (χ3v) is 5.90. The molecule has 0 bridgehead atoms. The Labute approximate surface area is 130 Å². The predicted molar refractivity (Wildman–Crippen MR) is 88.1 cm³/mol. The second-order valence-electron chi connectivity index (χ2n) is 6.31. The van der Waals surface area contributed by atoms with Crippen LogP contribution in [0.4, 0.5) is 0 Å². The van der Waals surface area contributed by atoms with E-state index in [4.69, 9.17) is 0 Å². The van der Waals surface area contributed by atoms with Crippen molar-refractivity contribution in [2.24, 2.45) is 11.0 Å². The number of hydrazone groups is 1. The van der Waals surface area contributed by atoms with E-state index in [2.05, 4.69) is 23.5 Å². The zero-order valence-corrected chi connectivity index (χ0v) is 13.6. The fraction of sp³-hybridized carbons (Fsp3) is 0.647. The summed E-state index contributed by atoms with van der Waals surface area (Å²) in [5.41, 5.74) is 5.33. The topological polar surface area (TPSA) is 41.5 Å². The van der Waals surface area contributed by atoms with E-state index >= 15 is 0 Å². The van der Waals surface area contributed by atoms with Crippen molar-refractivity contribution in [2.75, 3.05) is 0 Å². The SMILES string of the molecule is C[C@H]1CCCCC1=NNC(=O)c1cc2c(s1)CCCCC2. The first-order chi connectivity index (χ1) is 10.2. The van der Waals surface area contributed by atoms with Crippen molar-refractivity contribution in [3.8, 4) is 0 Å². The third-order valence-electron chi connectivity index (χ3n) is 4.66. The maximum absolute atomic E-state index is 12.3. The van der Waals surface area contributed by atoms with Crippen LogP contribution < -0.4 is 5.43 Å². The van der Waals surface area contributed by atoms with E-state index in [9.17, 15) is 4.79 Å². The Balaban J connectivity index is 1.67. The number of nitrogens with zero attached hydrogens (tertiary/aromatic N) is 1. The Morgan fingerprint density at radius 2 is 2.00 bits per heavy atom. The van der Waals surface area contributed by atoms with Crippen LogP contribution in [0.3, 0.4) is 0 Å². The predicted octanol–water partition coefficient (Wildman–Crippen LogP) is 4.31. The number of carbonyl (C=O) groups excluding carboxylic acids is 1. The second-order valence-corrected chi connectivity index (χ2v) is 7.45. The van der Waals surface area contributed by atoms with E-state index in [0.717, 1.165) is 29.9 Å². The van der Waals surface area contributed by atoms with Crippen LogP contribution in [0.15, 0.2) is 11.2 Å². The number of nitrogens with one attached hydrogen (secondary N) is 1. The number of hydrogen-bond donors (Lipinski definition) is 1. The number of hydrogen-bond acceptors (Lipinski definition) is 3. The minimum Gasteiger partial charge on any atom is -0.266 e. The lowest BCUT2D eigenvalue weighted by molar-refractivity contribution is 0.0958. The molecule has 0 spiro atoms. The molecule has 1 amide bonds. The minimum absolute atomic E-state index is 0.0293. The highest BCUT2D eigenvalue weighted by Gasteiger charge is 2.18. The highest BCUT2D eigenvalue weighted by molar-refractivity contribution is 7.14. The first kappa shape index (κ1) is 14.8. The summed E-state index contributed by atoms with van der Waals surface area (Å²) in [6.07, 6.45) is 10.8. The van der Waals surface area contributed by atoms with Crippen molar-refractivity contribution < 1.29 is 4.79 Å². The first-order valence-corrected chi connectivity index (χ1v) is 9.04. The molecule has 1 fully saturated rings. The summed E-state index contributed by atoms with van der Waals surface area (Å²) in [7, 11) is 0. The van der Waals surface area contributed by atoms with Gasteiger partial charge in [-0.15, -0.1) is 11.3 Å². The molecule has 0 aromatic carbocycles. The fourth-order valence-corrected chi connectivity index (χ4v) is 4.44. The summed E-state index contributed by atoms with van der Waals surface area (Å²) in [5, 5.41) is 4.39. The van der Waals surface area contributed by atoms with Gasteiger partial charge in [-0.3, -0.25) is 4.79 Å². The molecule has 2 aliphatic rings. The number of amides is 1. The lowest BCUT2D eigenvalue weighted by Gasteiger charge is -2.19. The highest BCUT2D eigenvalue weighted by atomic mass is 32.1. The van der Waals surface area contributed by atoms with Crippen molar-refractivity contribution in [3.63, 3.8) is 0 Å². The first-order valence-electron chi connectivity index (χ1n) is 8.22. The van der Waals surface area contributed by atoms with Crippen LogP contribution in [0.25, 0.3) is 0 Å². The molecule has 1 atom stereocenters. The molecule has 0 saturated heterocycles. The van der Waals surface area contributed by atoms with Crippen LogP contribution >= 0.6 is 11.3 Å². The van der Waals surface area contributed by atoms with Gasteiger partial charge in [0.1, 0.15) is 0 Å². The van der Waals surface area contributed by atoms with Gasteiger partial charge in [-0.1, -0.05) is 19.8 Å². The van der Waals surface area contributed by atoms with Gasteiger partial charge in [0.2, 0.25) is 0 Å². The monoisotopic (exact) mass is 304 g/mol. The summed E-state index contributed by atoms with van der Waals surface area (Å²) in [6.45, 7) is 2.21. The van der Waals surface area contributed by atoms with Crippen LogP contribution in [-0.2, 0) is 12.8 Å². The van der Waals surface area contributed by atoms with Gasteiger partial charge in [0.15, 0.2) is 0 Å². The van der Waals surface area contributed by atoms with E-state index in [1.54, 1.807) is 11.3 Å². The molecule has 21 heavy (non-hydrogen) atoms. The van der Waals surface area contributed by atoms with Crippen molar-refractivity contribution >= 4 is 23.0 Å². The van der Waals surface area contributed by atoms with Crippen molar-refractivity contribution in [1.82, 2.24) is 5.43 Å². The largest absolute Gasteiger partial charge is 0.281 e. The Morgan fingerprint density at radius 3 is 2.86 bits per heavy atom. The van der Waals surface area contributed by atoms with Gasteiger partial charge < -0.3 is 0 Å². The molecule has 1 aromatic heterocycles. The van der Waals surface area contributed by atoms with Crippen molar-refractivity contribution in [3.05, 3.63) is 21.4 Å². The summed E-state index contributed by atoms with van der Waals surface area (Å²) in [6, 6.07) is 2.09. The fourth-order valence-electron chi connectivity index (χ4n) is 3.29. The Morgan fingerprint density at radius 1 is 1.19 bits per heavy atom. The summed E-state index contributed by atoms with van der Waals surface area (Å²) in [4.78, 5) is 14.5. The summed E-state index contributed by atoms with van der Waals surface area (Å²) in [5.74, 6) is 0.484. The molecule has 1 N–H and O–H groups in total. The number of aryl methyl sites for hydroxylation is 2. The zero-order valence-electron chi connectivity index (χ0n) is 12.8. The number of carbonyl (C=O) groups is 1. The van der Waals surface area contributed by atoms with Gasteiger partial charge in [0.05, 0.1) is 4.88 Å². The quantitative estimate of drug-likeness (QED) is 0.642. The lowest BCUT2D eigenvalue weighted by atomic mass is 9.89. The molecule has 3 nitrogen and oxygen atoms in total. The van der Waals surface area contributed by atoms with Crippen molar-refractivity contribution in [1.29, 1.82) is 0 Å². The number of thiophene rings is 1. The molecule has 114 valence electrons. The summed E-state index contributed by atoms with van der Waals surface area (Å²) >= 11 is 1.66. The molecule has 3 rings (SSSR count). The number of fused-ring (bicyclic) bond motifs is 1. The minimum atomic E-state index is -0.0293. The molecule has 4 heteroatoms. The maximum Gasteiger partial charge on any atom is 0.281 e. The van der Waals surface area contributed by atoms with E-state index in [-0.39, 0.29) is 5.91 Å². The van der Waals surface area contributed by atoms with Crippen LogP contribution in [-0.4, -0.2) is 11.6 Å². The van der Waals surface area contributed by atoms with Gasteiger partial charge in [0, 0.05) is 10.6 Å². The van der Waals surface area contributed by atoms with E-state index in [1.807, 2.05) is 0 Å². The molecule has 0 radical (unpaired) electrons. The molecular formula is C17H24N2OS. The van der Waals surface area contributed by atoms with Gasteiger partial charge in [0.25, 0.3) is 5.91 Å². The Bertz CT molecular complexity index is 523. The normalized spacial score (nSPS) is 24.4. The molecular weight excluding hydrogens is 280 g/mol. The molecule has 0 unspecified atom stereocenters. The molecule has 1 saturated carbocycles. The van der Waals surface area contributed by atoms with Crippen molar-refractivity contribution in [2.45, 2.75) is 64.7 Å². The highest BCUT2D eigenvalue weighted by Crippen LogP contribution is 2.29. The van der Waals surface area contributed by atoms with Gasteiger partial charge in [-0.25, -0.2) is 5.43 Å². The van der Waals surface area contributed by atoms with E-state index < -0.39 is 0 Å². The molecule has 1 heterocycles. The van der Waals surface area contributed by atoms with Crippen LogP contribution in [0.1, 0.15) is 72.0 Å². The second kappa shape index (κ2) is 6.73. The number of rotatable bonds is 2. The summed E-state index contributed by atoms with van der Waals surface area (Å²) < 4.78 is 0. The zero-order chi connectivity index (χ0) is 14.7. The molecule has 0 aliphatic heterocycles. The average Bonchev–Trinajstić information content (AvgIpc) is 2.77. The smallest absolute Gasteiger partial charge is 0.266 e. The Kier molecular flexibility index (Phi) is 4.73. The van der Waals surface area contributed by atoms with E-state index in [1.165, 1.54) is 49.0 Å². The average molecular weight is 304 g/mol. The van der Waals surface area contributed by atoms with Crippen LogP contribution in [0.2, 0.25) is 0 Å². The maximum atomic E-state index is 12.3. The lowest BCUT2D eigenvalue weighted by Crippen LogP contribution is -2.23. The van der Waals surface area contributed by atoms with E-state index in [0.29, 0.717) is 5.92 Å². The Hall–Kier alpha value is -1.16.